The summed E-state index contributed by atoms with van der Waals surface area (Å²) in [5, 5.41) is 12.1. The van der Waals surface area contributed by atoms with E-state index in [0.29, 0.717) is 19.6 Å². The smallest absolute Gasteiger partial charge is 0.321 e. The maximum atomic E-state index is 12.8. The Morgan fingerprint density at radius 1 is 1.07 bits per heavy atom. The van der Waals surface area contributed by atoms with Crippen molar-refractivity contribution < 1.29 is 14.7 Å². The molecule has 6 nitrogen and oxygen atoms in total. The molecule has 6 heteroatoms. The fraction of sp³-hybridized carbons (Fsp3) is 0.364. The Kier molecular flexibility index (Phi) is 6.66. The largest absolute Gasteiger partial charge is 0.480 e. The number of benzene rings is 2. The predicted molar refractivity (Wildman–Crippen MR) is 110 cm³/mol. The normalized spacial score (nSPS) is 14.9. The number of piperidine rings is 1. The van der Waals surface area contributed by atoms with Gasteiger partial charge in [0.15, 0.2) is 0 Å². The Labute approximate surface area is 165 Å². The Morgan fingerprint density at radius 3 is 2.36 bits per heavy atom. The molecule has 0 aromatic heterocycles. The van der Waals surface area contributed by atoms with Gasteiger partial charge in [0.25, 0.3) is 0 Å². The Morgan fingerprint density at radius 2 is 1.71 bits per heavy atom. The zero-order valence-corrected chi connectivity index (χ0v) is 16.2. The third-order valence-electron chi connectivity index (χ3n) is 5.27. The second kappa shape index (κ2) is 9.37. The van der Waals surface area contributed by atoms with Crippen LogP contribution in [0, 0.1) is 0 Å². The number of amides is 2. The number of rotatable bonds is 6. The lowest BCUT2D eigenvalue weighted by Gasteiger charge is -2.37. The number of urea groups is 1. The van der Waals surface area contributed by atoms with Gasteiger partial charge >= 0.3 is 12.0 Å². The van der Waals surface area contributed by atoms with Crippen LogP contribution in [0.25, 0.3) is 11.1 Å². The minimum absolute atomic E-state index is 0.0534. The number of nitrogens with zero attached hydrogens (tertiary/aromatic N) is 2. The van der Waals surface area contributed by atoms with Crippen LogP contribution in [0.2, 0.25) is 0 Å². The zero-order chi connectivity index (χ0) is 19.9. The lowest BCUT2D eigenvalue weighted by molar-refractivity contribution is -0.139. The Hall–Kier alpha value is -2.86. The molecule has 1 heterocycles. The number of carboxylic acid groups (broad SMARTS) is 1. The summed E-state index contributed by atoms with van der Waals surface area (Å²) in [5.41, 5.74) is 2.84. The highest BCUT2D eigenvalue weighted by molar-refractivity contribution is 5.94. The summed E-state index contributed by atoms with van der Waals surface area (Å²) in [7, 11) is 0. The van der Waals surface area contributed by atoms with Crippen LogP contribution in [0.4, 0.5) is 10.5 Å². The number of para-hydroxylation sites is 1. The van der Waals surface area contributed by atoms with E-state index in [1.54, 1.807) is 0 Å². The quantitative estimate of drug-likeness (QED) is 0.799. The van der Waals surface area contributed by atoms with Crippen LogP contribution in [0.1, 0.15) is 19.8 Å². The van der Waals surface area contributed by atoms with Crippen molar-refractivity contribution in [3.05, 3.63) is 54.6 Å². The molecule has 1 aliphatic heterocycles. The van der Waals surface area contributed by atoms with Gasteiger partial charge in [-0.25, -0.2) is 4.79 Å². The number of hydrogen-bond acceptors (Lipinski definition) is 3. The molecular weight excluding hydrogens is 354 g/mol. The molecule has 0 radical (unpaired) electrons. The van der Waals surface area contributed by atoms with E-state index in [-0.39, 0.29) is 18.6 Å². The molecule has 0 spiro atoms. The minimum Gasteiger partial charge on any atom is -0.480 e. The van der Waals surface area contributed by atoms with E-state index in [4.69, 9.17) is 5.11 Å². The summed E-state index contributed by atoms with van der Waals surface area (Å²) in [6.45, 7) is 3.98. The number of anilines is 1. The maximum absolute atomic E-state index is 12.8. The van der Waals surface area contributed by atoms with E-state index in [1.807, 2.05) is 71.3 Å². The number of carbonyl (C=O) groups is 2. The predicted octanol–water partition coefficient (Wildman–Crippen LogP) is 3.76. The third-order valence-corrected chi connectivity index (χ3v) is 5.27. The fourth-order valence-corrected chi connectivity index (χ4v) is 3.76. The fourth-order valence-electron chi connectivity index (χ4n) is 3.76. The molecule has 2 N–H and O–H groups in total. The summed E-state index contributed by atoms with van der Waals surface area (Å²) in [6, 6.07) is 17.9. The van der Waals surface area contributed by atoms with Gasteiger partial charge < -0.3 is 15.3 Å². The van der Waals surface area contributed by atoms with E-state index in [1.165, 1.54) is 0 Å². The van der Waals surface area contributed by atoms with Crippen LogP contribution in [0.5, 0.6) is 0 Å². The van der Waals surface area contributed by atoms with Crippen molar-refractivity contribution >= 4 is 17.7 Å². The van der Waals surface area contributed by atoms with Crippen molar-refractivity contribution in [2.24, 2.45) is 0 Å². The van der Waals surface area contributed by atoms with Crippen molar-refractivity contribution in [3.63, 3.8) is 0 Å². The number of likely N-dealkylation sites (N-methyl/N-ethyl adjacent to an activating group) is 1. The van der Waals surface area contributed by atoms with Gasteiger partial charge in [-0.3, -0.25) is 9.69 Å². The standard InChI is InChI=1S/C22H27N3O3/c1-2-24(16-21(26)27)18-12-14-25(15-13-18)22(28)23-20-11-7-6-10-19(20)17-8-4-3-5-9-17/h3-11,18H,2,12-16H2,1H3,(H,23,28)(H,26,27). The molecule has 0 unspecified atom stereocenters. The number of carboxylic acids is 1. The van der Waals surface area contributed by atoms with Gasteiger partial charge in [0.1, 0.15) is 0 Å². The molecule has 0 bridgehead atoms. The summed E-state index contributed by atoms with van der Waals surface area (Å²) >= 11 is 0. The van der Waals surface area contributed by atoms with Crippen molar-refractivity contribution in [3.8, 4) is 11.1 Å². The highest BCUT2D eigenvalue weighted by atomic mass is 16.4. The molecule has 0 aliphatic carbocycles. The van der Waals surface area contributed by atoms with Gasteiger partial charge in [-0.1, -0.05) is 55.5 Å². The number of likely N-dealkylation sites (tertiary alicyclic amines) is 1. The minimum atomic E-state index is -0.806. The molecule has 28 heavy (non-hydrogen) atoms. The lowest BCUT2D eigenvalue weighted by Crippen LogP contribution is -2.49. The first kappa shape index (κ1) is 19.9. The molecule has 0 atom stereocenters. The summed E-state index contributed by atoms with van der Waals surface area (Å²) < 4.78 is 0. The molecule has 2 aromatic carbocycles. The summed E-state index contributed by atoms with van der Waals surface area (Å²) in [6.07, 6.45) is 1.57. The van der Waals surface area contributed by atoms with Crippen LogP contribution in [0.3, 0.4) is 0 Å². The lowest BCUT2D eigenvalue weighted by atomic mass is 10.0. The molecule has 2 aromatic rings. The second-order valence-electron chi connectivity index (χ2n) is 7.02. The molecular formula is C22H27N3O3. The Balaban J connectivity index is 1.62. The van der Waals surface area contributed by atoms with Gasteiger partial charge in [-0.15, -0.1) is 0 Å². The van der Waals surface area contributed by atoms with Gasteiger partial charge in [0.2, 0.25) is 0 Å². The van der Waals surface area contributed by atoms with Crippen LogP contribution < -0.4 is 5.32 Å². The number of aliphatic carboxylic acids is 1. The van der Waals surface area contributed by atoms with Crippen LogP contribution in [-0.2, 0) is 4.79 Å². The first-order valence-corrected chi connectivity index (χ1v) is 9.74. The van der Waals surface area contributed by atoms with E-state index < -0.39 is 5.97 Å². The number of hydrogen-bond donors (Lipinski definition) is 2. The highest BCUT2D eigenvalue weighted by Crippen LogP contribution is 2.28. The van der Waals surface area contributed by atoms with Crippen LogP contribution in [0.15, 0.2) is 54.6 Å². The summed E-state index contributed by atoms with van der Waals surface area (Å²) in [4.78, 5) is 27.6. The van der Waals surface area contributed by atoms with Crippen molar-refractivity contribution in [2.45, 2.75) is 25.8 Å². The molecule has 1 aliphatic rings. The topological polar surface area (TPSA) is 72.9 Å². The molecule has 0 saturated carbocycles. The first-order valence-electron chi connectivity index (χ1n) is 9.74. The van der Waals surface area contributed by atoms with Gasteiger partial charge in [-0.05, 0) is 31.0 Å². The monoisotopic (exact) mass is 381 g/mol. The summed E-state index contributed by atoms with van der Waals surface area (Å²) in [5.74, 6) is -0.806. The average molecular weight is 381 g/mol. The van der Waals surface area contributed by atoms with E-state index >= 15 is 0 Å². The molecule has 3 rings (SSSR count). The number of nitrogens with one attached hydrogen (secondary N) is 1. The van der Waals surface area contributed by atoms with E-state index in [2.05, 4.69) is 5.32 Å². The van der Waals surface area contributed by atoms with Gasteiger partial charge in [0, 0.05) is 24.7 Å². The van der Waals surface area contributed by atoms with E-state index in [0.717, 1.165) is 29.7 Å². The average Bonchev–Trinajstić information content (AvgIpc) is 2.73. The zero-order valence-electron chi connectivity index (χ0n) is 16.2. The first-order chi connectivity index (χ1) is 13.6. The van der Waals surface area contributed by atoms with Crippen molar-refractivity contribution in [1.82, 2.24) is 9.80 Å². The van der Waals surface area contributed by atoms with E-state index in [9.17, 15) is 9.59 Å². The van der Waals surface area contributed by atoms with Gasteiger partial charge in [0.05, 0.1) is 12.2 Å². The van der Waals surface area contributed by atoms with Gasteiger partial charge in [-0.2, -0.15) is 0 Å². The van der Waals surface area contributed by atoms with Crippen molar-refractivity contribution in [2.75, 3.05) is 31.5 Å². The van der Waals surface area contributed by atoms with Crippen LogP contribution >= 0.6 is 0 Å². The number of carbonyl (C=O) groups excluding carboxylic acids is 1. The third kappa shape index (κ3) is 4.89. The van der Waals surface area contributed by atoms with Crippen molar-refractivity contribution in [1.29, 1.82) is 0 Å². The SMILES string of the molecule is CCN(CC(=O)O)C1CCN(C(=O)Nc2ccccc2-c2ccccc2)CC1. The maximum Gasteiger partial charge on any atom is 0.321 e. The van der Waals surface area contributed by atoms with Crippen LogP contribution in [-0.4, -0.2) is 59.1 Å². The molecule has 1 saturated heterocycles. The Bertz CT molecular complexity index is 802. The molecule has 1 fully saturated rings. The molecule has 2 amide bonds. The molecule has 148 valence electrons. The second-order valence-corrected chi connectivity index (χ2v) is 7.02. The highest BCUT2D eigenvalue weighted by Gasteiger charge is 2.27.